The van der Waals surface area contributed by atoms with Gasteiger partial charge in [0.15, 0.2) is 0 Å². The number of amides is 1. The molecule has 0 atom stereocenters. The van der Waals surface area contributed by atoms with E-state index in [1.807, 2.05) is 17.6 Å². The number of anilines is 1. The monoisotopic (exact) mass is 352 g/mol. The predicted molar refractivity (Wildman–Crippen MR) is 99.1 cm³/mol. The number of carbonyl (C=O) groups excluding carboxylic acids is 1. The van der Waals surface area contributed by atoms with Crippen LogP contribution in [0.4, 0.5) is 5.82 Å². The number of hydrogen-bond donors (Lipinski definition) is 2. The van der Waals surface area contributed by atoms with Crippen LogP contribution < -0.4 is 21.2 Å². The van der Waals surface area contributed by atoms with Crippen LogP contribution in [0.3, 0.4) is 0 Å². The molecular formula is C19H22N5O2+. The summed E-state index contributed by atoms with van der Waals surface area (Å²) in [5, 5.41) is 3.19. The summed E-state index contributed by atoms with van der Waals surface area (Å²) in [5.74, 6) is 0.110. The number of nitrogens with zero attached hydrogens (tertiary/aromatic N) is 3. The van der Waals surface area contributed by atoms with Gasteiger partial charge in [-0.1, -0.05) is 11.1 Å². The highest BCUT2D eigenvalue weighted by Crippen LogP contribution is 2.28. The zero-order valence-corrected chi connectivity index (χ0v) is 14.7. The van der Waals surface area contributed by atoms with Gasteiger partial charge in [0.05, 0.1) is 6.04 Å². The van der Waals surface area contributed by atoms with Gasteiger partial charge in [0.25, 0.3) is 17.1 Å². The molecule has 26 heavy (non-hydrogen) atoms. The normalized spacial score (nSPS) is 15.0. The summed E-state index contributed by atoms with van der Waals surface area (Å²) in [4.78, 5) is 30.3. The number of pyridine rings is 2. The third-order valence-corrected chi connectivity index (χ3v) is 5.07. The highest BCUT2D eigenvalue weighted by Gasteiger charge is 2.30. The van der Waals surface area contributed by atoms with Gasteiger partial charge < -0.3 is 11.1 Å². The number of fused-ring (bicyclic) bond motifs is 2. The summed E-state index contributed by atoms with van der Waals surface area (Å²) < 4.78 is 3.40. The molecule has 0 spiro atoms. The van der Waals surface area contributed by atoms with Gasteiger partial charge in [-0.25, -0.2) is 4.57 Å². The minimum absolute atomic E-state index is 0.157. The van der Waals surface area contributed by atoms with Crippen molar-refractivity contribution < 1.29 is 9.36 Å². The minimum atomic E-state index is -0.267. The Bertz CT molecular complexity index is 1070. The molecule has 0 aromatic carbocycles. The van der Waals surface area contributed by atoms with E-state index in [1.54, 1.807) is 24.4 Å². The average Bonchev–Trinajstić information content (AvgIpc) is 3.16. The summed E-state index contributed by atoms with van der Waals surface area (Å²) in [6.45, 7) is 2.35. The molecule has 7 heteroatoms. The SMILES string of the molecule is CCNC(=O)c1cc2c(=O)n3ccccc3nc2[n+](C2CCCC2)c1N. The van der Waals surface area contributed by atoms with E-state index in [-0.39, 0.29) is 17.5 Å². The van der Waals surface area contributed by atoms with Crippen LogP contribution in [-0.2, 0) is 0 Å². The van der Waals surface area contributed by atoms with Crippen LogP contribution in [0.1, 0.15) is 49.0 Å². The number of rotatable bonds is 3. The van der Waals surface area contributed by atoms with Crippen LogP contribution in [0.2, 0.25) is 0 Å². The highest BCUT2D eigenvalue weighted by molar-refractivity contribution is 6.00. The Hall–Kier alpha value is -2.96. The Morgan fingerprint density at radius 1 is 1.38 bits per heavy atom. The van der Waals surface area contributed by atoms with Crippen molar-refractivity contribution in [2.45, 2.75) is 38.6 Å². The van der Waals surface area contributed by atoms with Crippen molar-refractivity contribution in [2.75, 3.05) is 12.3 Å². The van der Waals surface area contributed by atoms with E-state index in [0.717, 1.165) is 25.7 Å². The molecule has 1 saturated carbocycles. The number of hydrogen-bond acceptors (Lipinski definition) is 4. The molecule has 3 aromatic rings. The van der Waals surface area contributed by atoms with E-state index in [4.69, 9.17) is 10.7 Å². The molecular weight excluding hydrogens is 330 g/mol. The van der Waals surface area contributed by atoms with Crippen LogP contribution in [0, 0.1) is 0 Å². The summed E-state index contributed by atoms with van der Waals surface area (Å²) in [6, 6.07) is 7.17. The first kappa shape index (κ1) is 16.5. The molecule has 1 fully saturated rings. The second kappa shape index (κ2) is 6.40. The summed E-state index contributed by atoms with van der Waals surface area (Å²) >= 11 is 0. The predicted octanol–water partition coefficient (Wildman–Crippen LogP) is 1.58. The van der Waals surface area contributed by atoms with Gasteiger partial charge in [-0.05, 0) is 50.8 Å². The lowest BCUT2D eigenvalue weighted by molar-refractivity contribution is -0.685. The van der Waals surface area contributed by atoms with E-state index in [9.17, 15) is 9.59 Å². The molecule has 0 saturated heterocycles. The van der Waals surface area contributed by atoms with Crippen LogP contribution >= 0.6 is 0 Å². The van der Waals surface area contributed by atoms with Gasteiger partial charge >= 0.3 is 0 Å². The molecule has 0 aliphatic heterocycles. The Kier molecular flexibility index (Phi) is 4.06. The molecule has 1 aliphatic rings. The Morgan fingerprint density at radius 3 is 2.88 bits per heavy atom. The zero-order chi connectivity index (χ0) is 18.3. The van der Waals surface area contributed by atoms with Crippen molar-refractivity contribution in [3.63, 3.8) is 0 Å². The molecule has 7 nitrogen and oxygen atoms in total. The van der Waals surface area contributed by atoms with Crippen molar-refractivity contribution >= 4 is 28.4 Å². The van der Waals surface area contributed by atoms with E-state index >= 15 is 0 Å². The maximum atomic E-state index is 13.0. The molecule has 134 valence electrons. The van der Waals surface area contributed by atoms with Gasteiger partial charge in [-0.3, -0.25) is 14.0 Å². The Labute approximate surface area is 150 Å². The van der Waals surface area contributed by atoms with Crippen LogP contribution in [0.5, 0.6) is 0 Å². The van der Waals surface area contributed by atoms with Crippen LogP contribution in [0.15, 0.2) is 35.3 Å². The van der Waals surface area contributed by atoms with Crippen molar-refractivity contribution in [3.8, 4) is 0 Å². The molecule has 3 aromatic heterocycles. The van der Waals surface area contributed by atoms with Gasteiger partial charge in [-0.2, -0.15) is 0 Å². The Morgan fingerprint density at radius 2 is 2.15 bits per heavy atom. The zero-order valence-electron chi connectivity index (χ0n) is 14.7. The molecule has 0 radical (unpaired) electrons. The number of nitrogens with one attached hydrogen (secondary N) is 1. The van der Waals surface area contributed by atoms with Gasteiger partial charge in [0.2, 0.25) is 11.5 Å². The molecule has 1 amide bonds. The summed E-state index contributed by atoms with van der Waals surface area (Å²) in [6.07, 6.45) is 5.84. The maximum absolute atomic E-state index is 13.0. The number of nitrogens with two attached hydrogens (primary N) is 1. The van der Waals surface area contributed by atoms with E-state index in [1.165, 1.54) is 4.40 Å². The standard InChI is InChI=1S/C19H21N5O2/c1-2-21-18(25)13-11-14-17(24(16(13)20)12-7-3-4-8-12)22-15-9-5-6-10-23(15)19(14)26/h5-6,9-12,20H,2-4,7-8H2,1H3,(H,21,25)/p+1. The van der Waals surface area contributed by atoms with Crippen molar-refractivity contribution in [2.24, 2.45) is 0 Å². The van der Waals surface area contributed by atoms with E-state index in [2.05, 4.69) is 5.32 Å². The number of carbonyl (C=O) groups is 1. The molecule has 3 N–H and O–H groups in total. The smallest absolute Gasteiger partial charge is 0.278 e. The minimum Gasteiger partial charge on any atom is -0.352 e. The van der Waals surface area contributed by atoms with Crippen molar-refractivity contribution in [1.82, 2.24) is 14.7 Å². The van der Waals surface area contributed by atoms with Crippen LogP contribution in [-0.4, -0.2) is 21.8 Å². The van der Waals surface area contributed by atoms with Crippen molar-refractivity contribution in [3.05, 3.63) is 46.4 Å². The second-order valence-corrected chi connectivity index (χ2v) is 6.69. The lowest BCUT2D eigenvalue weighted by Crippen LogP contribution is -2.45. The highest BCUT2D eigenvalue weighted by atomic mass is 16.1. The van der Waals surface area contributed by atoms with Gasteiger partial charge in [-0.15, -0.1) is 0 Å². The second-order valence-electron chi connectivity index (χ2n) is 6.69. The topological polar surface area (TPSA) is 93.4 Å². The largest absolute Gasteiger partial charge is 0.352 e. The Balaban J connectivity index is 2.10. The van der Waals surface area contributed by atoms with Crippen LogP contribution in [0.25, 0.3) is 16.7 Å². The van der Waals surface area contributed by atoms with E-state index < -0.39 is 0 Å². The molecule has 4 rings (SSSR count). The summed E-state index contributed by atoms with van der Waals surface area (Å²) in [5.41, 5.74) is 7.68. The molecule has 0 bridgehead atoms. The lowest BCUT2D eigenvalue weighted by Gasteiger charge is -2.16. The van der Waals surface area contributed by atoms with Gasteiger partial charge in [0, 0.05) is 12.7 Å². The molecule has 0 unspecified atom stereocenters. The summed E-state index contributed by atoms with van der Waals surface area (Å²) in [7, 11) is 0. The quantitative estimate of drug-likeness (QED) is 0.553. The number of nitrogen functional groups attached to an aromatic ring is 1. The first-order valence-corrected chi connectivity index (χ1v) is 9.05. The first-order valence-electron chi connectivity index (χ1n) is 9.05. The number of aromatic nitrogens is 3. The fraction of sp³-hybridized carbons (Fsp3) is 0.368. The lowest BCUT2D eigenvalue weighted by atomic mass is 10.1. The fourth-order valence-corrected chi connectivity index (χ4v) is 3.83. The first-order chi connectivity index (χ1) is 12.6. The van der Waals surface area contributed by atoms with Gasteiger partial charge in [0.1, 0.15) is 10.9 Å². The third kappa shape index (κ3) is 2.51. The third-order valence-electron chi connectivity index (χ3n) is 5.07. The maximum Gasteiger partial charge on any atom is 0.278 e. The fourth-order valence-electron chi connectivity index (χ4n) is 3.83. The molecule has 3 heterocycles. The average molecular weight is 352 g/mol. The van der Waals surface area contributed by atoms with E-state index in [0.29, 0.717) is 34.6 Å². The molecule has 1 aliphatic carbocycles. The van der Waals surface area contributed by atoms with Crippen molar-refractivity contribution in [1.29, 1.82) is 0 Å².